The van der Waals surface area contributed by atoms with Gasteiger partial charge < -0.3 is 5.32 Å². The Morgan fingerprint density at radius 1 is 1.38 bits per heavy atom. The van der Waals surface area contributed by atoms with Crippen molar-refractivity contribution in [3.8, 4) is 0 Å². The third-order valence-corrected chi connectivity index (χ3v) is 2.85. The monoisotopic (exact) mass is 238 g/mol. The Morgan fingerprint density at radius 3 is 2.50 bits per heavy atom. The molecule has 1 fully saturated rings. The summed E-state index contributed by atoms with van der Waals surface area (Å²) in [5, 5.41) is 3.24. The van der Waals surface area contributed by atoms with Crippen LogP contribution in [-0.2, 0) is 0 Å². The summed E-state index contributed by atoms with van der Waals surface area (Å²) < 4.78 is 37.2. The fourth-order valence-corrected chi connectivity index (χ4v) is 2.23. The number of hydrogen-bond donors (Lipinski definition) is 1. The molecule has 1 saturated heterocycles. The molecule has 1 aliphatic rings. The van der Waals surface area contributed by atoms with E-state index in [1.165, 1.54) is 0 Å². The highest BCUT2D eigenvalue weighted by Gasteiger charge is 2.36. The molecule has 2 atom stereocenters. The van der Waals surface area contributed by atoms with Crippen LogP contribution >= 0.6 is 0 Å². The highest BCUT2D eigenvalue weighted by Crippen LogP contribution is 2.22. The molecular formula is C11H21F3N2. The van der Waals surface area contributed by atoms with Gasteiger partial charge in [-0.2, -0.15) is 13.2 Å². The Bertz CT molecular complexity index is 216. The first-order chi connectivity index (χ1) is 7.28. The molecular weight excluding hydrogens is 217 g/mol. The maximum absolute atomic E-state index is 12.4. The Hall–Kier alpha value is -0.290. The number of nitrogens with zero attached hydrogens (tertiary/aromatic N) is 1. The van der Waals surface area contributed by atoms with E-state index < -0.39 is 12.7 Å². The zero-order chi connectivity index (χ0) is 12.3. The minimum Gasteiger partial charge on any atom is -0.311 e. The van der Waals surface area contributed by atoms with E-state index in [2.05, 4.69) is 5.32 Å². The van der Waals surface area contributed by atoms with Crippen LogP contribution < -0.4 is 5.32 Å². The van der Waals surface area contributed by atoms with Crippen molar-refractivity contribution in [3.05, 3.63) is 0 Å². The molecule has 0 aromatic rings. The number of nitrogens with one attached hydrogen (secondary N) is 1. The lowest BCUT2D eigenvalue weighted by molar-refractivity contribution is -0.154. The molecule has 0 radical (unpaired) electrons. The Morgan fingerprint density at radius 2 is 2.00 bits per heavy atom. The van der Waals surface area contributed by atoms with Crippen molar-refractivity contribution >= 4 is 0 Å². The average molecular weight is 238 g/mol. The molecule has 1 rings (SSSR count). The zero-order valence-corrected chi connectivity index (χ0v) is 10.1. The second kappa shape index (κ2) is 5.36. The molecule has 0 bridgehead atoms. The third kappa shape index (κ3) is 4.70. The van der Waals surface area contributed by atoms with Gasteiger partial charge in [0.2, 0.25) is 0 Å². The van der Waals surface area contributed by atoms with Crippen molar-refractivity contribution in [1.82, 2.24) is 10.2 Å². The summed E-state index contributed by atoms with van der Waals surface area (Å²) in [6, 6.07) is 0.156. The molecule has 0 saturated carbocycles. The average Bonchev–Trinajstić information content (AvgIpc) is 2.06. The first-order valence-corrected chi connectivity index (χ1v) is 5.82. The van der Waals surface area contributed by atoms with Gasteiger partial charge in [-0.25, -0.2) is 0 Å². The highest BCUT2D eigenvalue weighted by atomic mass is 19.4. The predicted octanol–water partition coefficient (Wildman–Crippen LogP) is 2.26. The lowest BCUT2D eigenvalue weighted by Crippen LogP contribution is -2.57. The second-order valence-electron chi connectivity index (χ2n) is 5.14. The molecule has 2 nitrogen and oxygen atoms in total. The number of halogens is 3. The molecule has 0 aliphatic carbocycles. The summed E-state index contributed by atoms with van der Waals surface area (Å²) in [6.45, 7) is 6.38. The van der Waals surface area contributed by atoms with E-state index in [0.29, 0.717) is 19.0 Å². The van der Waals surface area contributed by atoms with Crippen molar-refractivity contribution in [2.24, 2.45) is 5.92 Å². The van der Waals surface area contributed by atoms with Crippen LogP contribution in [0.15, 0.2) is 0 Å². The Kier molecular flexibility index (Phi) is 4.62. The molecule has 0 amide bonds. The molecule has 1 N–H and O–H groups in total. The van der Waals surface area contributed by atoms with Gasteiger partial charge in [0.15, 0.2) is 0 Å². The first kappa shape index (κ1) is 13.8. The van der Waals surface area contributed by atoms with Crippen molar-refractivity contribution < 1.29 is 13.2 Å². The maximum Gasteiger partial charge on any atom is 0.401 e. The van der Waals surface area contributed by atoms with Gasteiger partial charge in [0.25, 0.3) is 0 Å². The largest absolute Gasteiger partial charge is 0.401 e. The van der Waals surface area contributed by atoms with Gasteiger partial charge in [0.1, 0.15) is 0 Å². The van der Waals surface area contributed by atoms with Crippen molar-refractivity contribution in [1.29, 1.82) is 0 Å². The topological polar surface area (TPSA) is 15.3 Å². The molecule has 16 heavy (non-hydrogen) atoms. The number of piperazine rings is 1. The van der Waals surface area contributed by atoms with Gasteiger partial charge in [0, 0.05) is 25.2 Å². The molecule has 0 spiro atoms. The number of rotatable bonds is 3. The molecule has 0 aromatic carbocycles. The minimum absolute atomic E-state index is 0.0119. The summed E-state index contributed by atoms with van der Waals surface area (Å²) in [6.07, 6.45) is -3.28. The van der Waals surface area contributed by atoms with Crippen LogP contribution in [0.4, 0.5) is 13.2 Å². The Labute approximate surface area is 95.2 Å². The smallest absolute Gasteiger partial charge is 0.311 e. The lowest BCUT2D eigenvalue weighted by atomic mass is 9.99. The van der Waals surface area contributed by atoms with Gasteiger partial charge in [-0.15, -0.1) is 0 Å². The summed E-state index contributed by atoms with van der Waals surface area (Å²) in [7, 11) is 0. The summed E-state index contributed by atoms with van der Waals surface area (Å²) in [5.74, 6) is 0.427. The van der Waals surface area contributed by atoms with Crippen LogP contribution in [0.2, 0.25) is 0 Å². The van der Waals surface area contributed by atoms with E-state index in [4.69, 9.17) is 0 Å². The van der Waals surface area contributed by atoms with Crippen LogP contribution in [0.3, 0.4) is 0 Å². The first-order valence-electron chi connectivity index (χ1n) is 5.82. The van der Waals surface area contributed by atoms with Gasteiger partial charge in [-0.3, -0.25) is 4.90 Å². The fraction of sp³-hybridized carbons (Fsp3) is 1.00. The van der Waals surface area contributed by atoms with E-state index in [0.717, 1.165) is 6.42 Å². The quantitative estimate of drug-likeness (QED) is 0.811. The van der Waals surface area contributed by atoms with Gasteiger partial charge >= 0.3 is 6.18 Å². The summed E-state index contributed by atoms with van der Waals surface area (Å²) >= 11 is 0. The Balaban J connectivity index is 2.58. The number of alkyl halides is 3. The summed E-state index contributed by atoms with van der Waals surface area (Å²) in [5.41, 5.74) is 0. The van der Waals surface area contributed by atoms with E-state index >= 15 is 0 Å². The van der Waals surface area contributed by atoms with Crippen LogP contribution in [-0.4, -0.2) is 42.8 Å². The molecule has 5 heteroatoms. The fourth-order valence-electron chi connectivity index (χ4n) is 2.23. The van der Waals surface area contributed by atoms with Crippen LogP contribution in [0.25, 0.3) is 0 Å². The van der Waals surface area contributed by atoms with Gasteiger partial charge in [-0.05, 0) is 19.3 Å². The van der Waals surface area contributed by atoms with Gasteiger partial charge in [-0.1, -0.05) is 13.8 Å². The third-order valence-electron chi connectivity index (χ3n) is 2.85. The maximum atomic E-state index is 12.4. The SMILES string of the molecule is CC(C)CC1CNC(C)CN1CC(F)(F)F. The van der Waals surface area contributed by atoms with E-state index in [1.54, 1.807) is 4.90 Å². The highest BCUT2D eigenvalue weighted by molar-refractivity contribution is 4.85. The molecule has 0 aromatic heterocycles. The van der Waals surface area contributed by atoms with Crippen LogP contribution in [0.5, 0.6) is 0 Å². The summed E-state index contributed by atoms with van der Waals surface area (Å²) in [4.78, 5) is 1.57. The van der Waals surface area contributed by atoms with E-state index in [1.807, 2.05) is 20.8 Å². The van der Waals surface area contributed by atoms with Crippen molar-refractivity contribution in [2.75, 3.05) is 19.6 Å². The molecule has 1 aliphatic heterocycles. The molecule has 96 valence electrons. The molecule has 2 unspecified atom stereocenters. The van der Waals surface area contributed by atoms with Crippen LogP contribution in [0, 0.1) is 5.92 Å². The van der Waals surface area contributed by atoms with Gasteiger partial charge in [0.05, 0.1) is 6.54 Å². The molecule has 1 heterocycles. The second-order valence-corrected chi connectivity index (χ2v) is 5.14. The number of hydrogen-bond acceptors (Lipinski definition) is 2. The lowest BCUT2D eigenvalue weighted by Gasteiger charge is -2.40. The van der Waals surface area contributed by atoms with Crippen molar-refractivity contribution in [2.45, 2.75) is 45.5 Å². The zero-order valence-electron chi connectivity index (χ0n) is 10.1. The normalized spacial score (nSPS) is 28.7. The van der Waals surface area contributed by atoms with E-state index in [9.17, 15) is 13.2 Å². The van der Waals surface area contributed by atoms with E-state index in [-0.39, 0.29) is 12.1 Å². The van der Waals surface area contributed by atoms with Crippen molar-refractivity contribution in [3.63, 3.8) is 0 Å². The minimum atomic E-state index is -4.09. The standard InChI is InChI=1S/C11H21F3N2/c1-8(2)4-10-5-15-9(3)6-16(10)7-11(12,13)14/h8-10,15H,4-7H2,1-3H3. The predicted molar refractivity (Wildman–Crippen MR) is 58.3 cm³/mol. The van der Waals surface area contributed by atoms with Crippen LogP contribution in [0.1, 0.15) is 27.2 Å².